The lowest BCUT2D eigenvalue weighted by molar-refractivity contribution is -0.142. The molecule has 1 atom stereocenters. The van der Waals surface area contributed by atoms with Gasteiger partial charge in [0.1, 0.15) is 0 Å². The normalized spacial score (nSPS) is 21.6. The van der Waals surface area contributed by atoms with Gasteiger partial charge in [-0.3, -0.25) is 14.5 Å². The third-order valence-electron chi connectivity index (χ3n) is 5.58. The first kappa shape index (κ1) is 19.6. The van der Waals surface area contributed by atoms with Gasteiger partial charge in [0.15, 0.2) is 0 Å². The fourth-order valence-electron chi connectivity index (χ4n) is 3.94. The highest BCUT2D eigenvalue weighted by atomic mass is 16.2. The highest BCUT2D eigenvalue weighted by Crippen LogP contribution is 2.20. The van der Waals surface area contributed by atoms with Crippen molar-refractivity contribution < 1.29 is 9.59 Å². The van der Waals surface area contributed by atoms with Crippen molar-refractivity contribution in [3.63, 3.8) is 0 Å². The maximum absolute atomic E-state index is 12.9. The molecule has 2 heterocycles. The monoisotopic (exact) mass is 369 g/mol. The smallest absolute Gasteiger partial charge is 0.227 e. The van der Waals surface area contributed by atoms with Crippen LogP contribution < -0.4 is 0 Å². The largest absolute Gasteiger partial charge is 0.342 e. The first-order valence-corrected chi connectivity index (χ1v) is 10.2. The van der Waals surface area contributed by atoms with E-state index in [4.69, 9.17) is 0 Å². The number of benzene rings is 1. The van der Waals surface area contributed by atoms with E-state index in [1.165, 1.54) is 5.56 Å². The van der Waals surface area contributed by atoms with Gasteiger partial charge >= 0.3 is 0 Å². The molecule has 5 nitrogen and oxygen atoms in total. The standard InChI is InChI=1S/C22H31N3O2/c1-2-21(26)25-13-7-11-20(18-25)22(27)24-16-14-23(15-17-24)12-6-10-19-8-4-3-5-9-19/h3-6,8-10,20H,2,7,11-18H2,1H3. The molecule has 1 unspecified atom stereocenters. The molecule has 146 valence electrons. The Balaban J connectivity index is 1.44. The van der Waals surface area contributed by atoms with Crippen LogP contribution in [0.1, 0.15) is 31.7 Å². The first-order valence-electron chi connectivity index (χ1n) is 10.2. The Bertz CT molecular complexity index is 651. The number of rotatable bonds is 5. The second-order valence-corrected chi connectivity index (χ2v) is 7.47. The number of hydrogen-bond donors (Lipinski definition) is 0. The molecule has 0 radical (unpaired) electrons. The summed E-state index contributed by atoms with van der Waals surface area (Å²) in [6.07, 6.45) is 6.72. The van der Waals surface area contributed by atoms with E-state index in [0.29, 0.717) is 13.0 Å². The van der Waals surface area contributed by atoms with Gasteiger partial charge in [0.2, 0.25) is 11.8 Å². The van der Waals surface area contributed by atoms with Crippen LogP contribution in [0.3, 0.4) is 0 Å². The van der Waals surface area contributed by atoms with Gasteiger partial charge < -0.3 is 9.80 Å². The van der Waals surface area contributed by atoms with Crippen LogP contribution in [0, 0.1) is 5.92 Å². The van der Waals surface area contributed by atoms with Crippen molar-refractivity contribution >= 4 is 17.9 Å². The lowest BCUT2D eigenvalue weighted by atomic mass is 9.96. The molecular formula is C22H31N3O2. The minimum Gasteiger partial charge on any atom is -0.342 e. The van der Waals surface area contributed by atoms with Gasteiger partial charge in [0.05, 0.1) is 5.92 Å². The summed E-state index contributed by atoms with van der Waals surface area (Å²) in [5, 5.41) is 0. The molecular weight excluding hydrogens is 338 g/mol. The Morgan fingerprint density at radius 3 is 2.48 bits per heavy atom. The van der Waals surface area contributed by atoms with Crippen LogP contribution in [0.15, 0.2) is 36.4 Å². The Morgan fingerprint density at radius 1 is 1.04 bits per heavy atom. The molecule has 0 N–H and O–H groups in total. The van der Waals surface area contributed by atoms with Gasteiger partial charge in [0.25, 0.3) is 0 Å². The quantitative estimate of drug-likeness (QED) is 0.801. The number of piperazine rings is 1. The maximum Gasteiger partial charge on any atom is 0.227 e. The summed E-state index contributed by atoms with van der Waals surface area (Å²) in [7, 11) is 0. The molecule has 0 saturated carbocycles. The van der Waals surface area contributed by atoms with Crippen LogP contribution in [0.4, 0.5) is 0 Å². The van der Waals surface area contributed by atoms with Gasteiger partial charge in [-0.05, 0) is 18.4 Å². The number of carbonyl (C=O) groups is 2. The average Bonchev–Trinajstić information content (AvgIpc) is 2.74. The van der Waals surface area contributed by atoms with E-state index in [9.17, 15) is 9.59 Å². The van der Waals surface area contributed by atoms with Crippen molar-refractivity contribution in [2.75, 3.05) is 45.8 Å². The zero-order valence-corrected chi connectivity index (χ0v) is 16.3. The third kappa shape index (κ3) is 5.42. The van der Waals surface area contributed by atoms with Crippen LogP contribution in [-0.4, -0.2) is 72.3 Å². The number of hydrogen-bond acceptors (Lipinski definition) is 3. The van der Waals surface area contributed by atoms with Crippen LogP contribution >= 0.6 is 0 Å². The van der Waals surface area contributed by atoms with Crippen LogP contribution in [0.5, 0.6) is 0 Å². The summed E-state index contributed by atoms with van der Waals surface area (Å²) in [5.41, 5.74) is 1.22. The number of nitrogens with zero attached hydrogens (tertiary/aromatic N) is 3. The molecule has 0 bridgehead atoms. The Labute approximate surface area is 162 Å². The third-order valence-corrected chi connectivity index (χ3v) is 5.58. The fraction of sp³-hybridized carbons (Fsp3) is 0.545. The molecule has 0 aromatic heterocycles. The second-order valence-electron chi connectivity index (χ2n) is 7.47. The van der Waals surface area contributed by atoms with E-state index in [2.05, 4.69) is 29.2 Å². The van der Waals surface area contributed by atoms with E-state index >= 15 is 0 Å². The molecule has 2 aliphatic heterocycles. The molecule has 3 rings (SSSR count). The van der Waals surface area contributed by atoms with Crippen molar-refractivity contribution in [2.24, 2.45) is 5.92 Å². The summed E-state index contributed by atoms with van der Waals surface area (Å²) in [6, 6.07) is 10.3. The second kappa shape index (κ2) is 9.70. The maximum atomic E-state index is 12.9. The summed E-state index contributed by atoms with van der Waals surface area (Å²) >= 11 is 0. The van der Waals surface area contributed by atoms with Crippen molar-refractivity contribution in [1.82, 2.24) is 14.7 Å². The fourth-order valence-corrected chi connectivity index (χ4v) is 3.94. The van der Waals surface area contributed by atoms with E-state index in [1.54, 1.807) is 0 Å². The Morgan fingerprint density at radius 2 is 1.78 bits per heavy atom. The number of piperidine rings is 1. The highest BCUT2D eigenvalue weighted by molar-refractivity contribution is 5.81. The van der Waals surface area contributed by atoms with E-state index in [-0.39, 0.29) is 17.7 Å². The number of amides is 2. The molecule has 0 aliphatic carbocycles. The molecule has 5 heteroatoms. The molecule has 0 spiro atoms. The summed E-state index contributed by atoms with van der Waals surface area (Å²) < 4.78 is 0. The predicted molar refractivity (Wildman–Crippen MR) is 108 cm³/mol. The van der Waals surface area contributed by atoms with E-state index in [0.717, 1.165) is 52.1 Å². The summed E-state index contributed by atoms with van der Waals surface area (Å²) in [5.74, 6) is 0.393. The number of likely N-dealkylation sites (tertiary alicyclic amines) is 1. The molecule has 27 heavy (non-hydrogen) atoms. The summed E-state index contributed by atoms with van der Waals surface area (Å²) in [4.78, 5) is 31.1. The first-order chi connectivity index (χ1) is 13.2. The molecule has 2 fully saturated rings. The average molecular weight is 370 g/mol. The van der Waals surface area contributed by atoms with Crippen molar-refractivity contribution in [1.29, 1.82) is 0 Å². The molecule has 2 saturated heterocycles. The van der Waals surface area contributed by atoms with Crippen molar-refractivity contribution in [3.8, 4) is 0 Å². The lowest BCUT2D eigenvalue weighted by Gasteiger charge is -2.38. The molecule has 2 aliphatic rings. The van der Waals surface area contributed by atoms with Crippen molar-refractivity contribution in [3.05, 3.63) is 42.0 Å². The predicted octanol–water partition coefficient (Wildman–Crippen LogP) is 2.49. The molecule has 1 aromatic rings. The summed E-state index contributed by atoms with van der Waals surface area (Å²) in [6.45, 7) is 7.61. The van der Waals surface area contributed by atoms with Gasteiger partial charge in [-0.2, -0.15) is 0 Å². The molecule has 2 amide bonds. The Hall–Kier alpha value is -2.14. The van der Waals surface area contributed by atoms with Crippen molar-refractivity contribution in [2.45, 2.75) is 26.2 Å². The van der Waals surface area contributed by atoms with Crippen LogP contribution in [0.25, 0.3) is 6.08 Å². The van der Waals surface area contributed by atoms with Crippen LogP contribution in [-0.2, 0) is 9.59 Å². The minimum atomic E-state index is -0.0150. The van der Waals surface area contributed by atoms with E-state index in [1.807, 2.05) is 34.9 Å². The number of carbonyl (C=O) groups excluding carboxylic acids is 2. The Kier molecular flexibility index (Phi) is 7.04. The van der Waals surface area contributed by atoms with Crippen LogP contribution in [0.2, 0.25) is 0 Å². The van der Waals surface area contributed by atoms with Gasteiger partial charge in [0, 0.05) is 52.2 Å². The van der Waals surface area contributed by atoms with Gasteiger partial charge in [-0.25, -0.2) is 0 Å². The zero-order chi connectivity index (χ0) is 19.1. The molecule has 1 aromatic carbocycles. The van der Waals surface area contributed by atoms with E-state index < -0.39 is 0 Å². The highest BCUT2D eigenvalue weighted by Gasteiger charge is 2.31. The zero-order valence-electron chi connectivity index (χ0n) is 16.3. The van der Waals surface area contributed by atoms with Gasteiger partial charge in [-0.15, -0.1) is 0 Å². The SMILES string of the molecule is CCC(=O)N1CCCC(C(=O)N2CCN(CC=Cc3ccccc3)CC2)C1. The minimum absolute atomic E-state index is 0.0150. The lowest BCUT2D eigenvalue weighted by Crippen LogP contribution is -2.53. The topological polar surface area (TPSA) is 43.9 Å². The van der Waals surface area contributed by atoms with Gasteiger partial charge in [-0.1, -0.05) is 49.4 Å².